The van der Waals surface area contributed by atoms with E-state index in [0.717, 1.165) is 25.5 Å². The quantitative estimate of drug-likeness (QED) is 0.342. The summed E-state index contributed by atoms with van der Waals surface area (Å²) in [5.41, 5.74) is 0.972. The van der Waals surface area contributed by atoms with Crippen LogP contribution < -0.4 is 5.54 Å². The second-order valence-corrected chi connectivity index (χ2v) is 3.16. The number of aromatic nitrogens is 2. The summed E-state index contributed by atoms with van der Waals surface area (Å²) in [6.45, 7) is 2.52. The topological polar surface area (TPSA) is 73.0 Å². The van der Waals surface area contributed by atoms with E-state index in [1.807, 2.05) is 6.92 Å². The second kappa shape index (κ2) is 5.28. The van der Waals surface area contributed by atoms with Gasteiger partial charge in [0.1, 0.15) is 6.20 Å². The third-order valence-electron chi connectivity index (χ3n) is 2.08. The number of halogens is 1. The van der Waals surface area contributed by atoms with Crippen LogP contribution in [0.5, 0.6) is 0 Å². The predicted octanol–water partition coefficient (Wildman–Crippen LogP) is 2.28. The molecule has 0 aliphatic carbocycles. The molecule has 0 atom stereocenters. The molecule has 1 heterocycles. The van der Waals surface area contributed by atoms with Gasteiger partial charge in [-0.15, -0.1) is 4.48 Å². The van der Waals surface area contributed by atoms with Crippen molar-refractivity contribution in [2.75, 3.05) is 5.54 Å². The summed E-state index contributed by atoms with van der Waals surface area (Å²) in [7, 11) is 0. The average molecular weight is 216 g/mol. The number of hydrogen-bond donors (Lipinski definition) is 1. The number of hydrogen-bond acceptors (Lipinski definition) is 4. The van der Waals surface area contributed by atoms with Crippen LogP contribution in [0.1, 0.15) is 26.2 Å². The van der Waals surface area contributed by atoms with Crippen LogP contribution >= 0.6 is 0 Å². The van der Waals surface area contributed by atoms with Crippen molar-refractivity contribution < 1.29 is 9.40 Å². The zero-order valence-corrected chi connectivity index (χ0v) is 8.44. The first-order chi connectivity index (χ1) is 7.20. The summed E-state index contributed by atoms with van der Waals surface area (Å²) in [4.78, 5) is 9.81. The van der Waals surface area contributed by atoms with Crippen LogP contribution in [0.25, 0.3) is 0 Å². The van der Waals surface area contributed by atoms with E-state index in [-0.39, 0.29) is 11.5 Å². The summed E-state index contributed by atoms with van der Waals surface area (Å²) in [6.07, 6.45) is 3.89. The first kappa shape index (κ1) is 11.4. The van der Waals surface area contributed by atoms with E-state index >= 15 is 0 Å². The Balaban J connectivity index is 2.75. The molecule has 0 bridgehead atoms. The number of aryl methyl sites for hydroxylation is 1. The molecule has 0 aliphatic rings. The van der Waals surface area contributed by atoms with Crippen molar-refractivity contribution >= 4 is 11.5 Å². The van der Waals surface area contributed by atoms with Gasteiger partial charge in [-0.3, -0.25) is 10.1 Å². The molecule has 0 saturated carbocycles. The SMILES string of the molecule is CCCCCn1ncc([N+](=O)[O-])c1NF. The number of nitrogens with one attached hydrogen (secondary N) is 1. The maximum Gasteiger partial charge on any atom is 0.333 e. The lowest BCUT2D eigenvalue weighted by Gasteiger charge is -2.03. The molecule has 0 saturated heterocycles. The number of rotatable bonds is 6. The molecule has 84 valence electrons. The van der Waals surface area contributed by atoms with Gasteiger partial charge < -0.3 is 0 Å². The lowest BCUT2D eigenvalue weighted by Crippen LogP contribution is -2.04. The summed E-state index contributed by atoms with van der Waals surface area (Å²) in [6, 6.07) is 0. The Hall–Kier alpha value is -1.66. The van der Waals surface area contributed by atoms with E-state index in [1.165, 1.54) is 10.2 Å². The molecule has 1 aromatic heterocycles. The van der Waals surface area contributed by atoms with E-state index in [4.69, 9.17) is 0 Å². The van der Waals surface area contributed by atoms with E-state index in [9.17, 15) is 14.6 Å². The van der Waals surface area contributed by atoms with Crippen LogP contribution in [0.3, 0.4) is 0 Å². The molecule has 0 unspecified atom stereocenters. The molecule has 6 nitrogen and oxygen atoms in total. The minimum atomic E-state index is -0.661. The van der Waals surface area contributed by atoms with E-state index in [1.54, 1.807) is 0 Å². The molecular weight excluding hydrogens is 203 g/mol. The fraction of sp³-hybridized carbons (Fsp3) is 0.625. The molecule has 15 heavy (non-hydrogen) atoms. The van der Waals surface area contributed by atoms with E-state index < -0.39 is 4.92 Å². The van der Waals surface area contributed by atoms with Crippen molar-refractivity contribution in [1.29, 1.82) is 0 Å². The van der Waals surface area contributed by atoms with Crippen molar-refractivity contribution in [3.63, 3.8) is 0 Å². The largest absolute Gasteiger partial charge is 0.333 e. The normalized spacial score (nSPS) is 10.3. The molecule has 1 aromatic rings. The fourth-order valence-corrected chi connectivity index (χ4v) is 1.29. The standard InChI is InChI=1S/C8H13FN4O2/c1-2-3-4-5-12-8(11-9)7(6-10-12)13(14)15/h6,11H,2-5H2,1H3. The van der Waals surface area contributed by atoms with Gasteiger partial charge in [-0.1, -0.05) is 19.8 Å². The maximum atomic E-state index is 12.3. The molecule has 0 aliphatic heterocycles. The van der Waals surface area contributed by atoms with Gasteiger partial charge >= 0.3 is 5.69 Å². The van der Waals surface area contributed by atoms with Crippen molar-refractivity contribution in [2.45, 2.75) is 32.7 Å². The van der Waals surface area contributed by atoms with Crippen LogP contribution in [-0.4, -0.2) is 14.7 Å². The van der Waals surface area contributed by atoms with Gasteiger partial charge in [-0.2, -0.15) is 5.10 Å². The number of nitro groups is 1. The Morgan fingerprint density at radius 2 is 2.40 bits per heavy atom. The van der Waals surface area contributed by atoms with Gasteiger partial charge in [0.25, 0.3) is 0 Å². The Kier molecular flexibility index (Phi) is 4.02. The Morgan fingerprint density at radius 3 is 2.93 bits per heavy atom. The average Bonchev–Trinajstić information content (AvgIpc) is 2.61. The third-order valence-corrected chi connectivity index (χ3v) is 2.08. The van der Waals surface area contributed by atoms with Crippen LogP contribution in [0.4, 0.5) is 16.0 Å². The molecule has 1 rings (SSSR count). The number of nitrogens with zero attached hydrogens (tertiary/aromatic N) is 3. The first-order valence-electron chi connectivity index (χ1n) is 4.77. The highest BCUT2D eigenvalue weighted by Crippen LogP contribution is 2.23. The molecular formula is C8H13FN4O2. The summed E-state index contributed by atoms with van der Waals surface area (Å²) in [5, 5.41) is 14.2. The monoisotopic (exact) mass is 216 g/mol. The Morgan fingerprint density at radius 1 is 1.67 bits per heavy atom. The second-order valence-electron chi connectivity index (χ2n) is 3.16. The number of anilines is 1. The van der Waals surface area contributed by atoms with Crippen LogP contribution in [-0.2, 0) is 6.54 Å². The minimum absolute atomic E-state index is 0.184. The number of unbranched alkanes of at least 4 members (excludes halogenated alkanes) is 2. The van der Waals surface area contributed by atoms with Crippen LogP contribution in [0.15, 0.2) is 6.20 Å². The van der Waals surface area contributed by atoms with Gasteiger partial charge in [-0.05, 0) is 6.42 Å². The Labute approximate surface area is 86.2 Å². The molecule has 0 fully saturated rings. The molecule has 0 radical (unpaired) electrons. The highest BCUT2D eigenvalue weighted by Gasteiger charge is 2.20. The Bertz CT molecular complexity index is 339. The zero-order valence-electron chi connectivity index (χ0n) is 8.44. The summed E-state index contributed by atoms with van der Waals surface area (Å²) >= 11 is 0. The fourth-order valence-electron chi connectivity index (χ4n) is 1.29. The smallest absolute Gasteiger partial charge is 0.258 e. The molecule has 0 amide bonds. The van der Waals surface area contributed by atoms with Gasteiger partial charge in [0.15, 0.2) is 0 Å². The molecule has 7 heteroatoms. The van der Waals surface area contributed by atoms with Gasteiger partial charge in [-0.25, -0.2) is 10.2 Å². The van der Waals surface area contributed by atoms with Crippen LogP contribution in [0, 0.1) is 10.1 Å². The van der Waals surface area contributed by atoms with E-state index in [2.05, 4.69) is 5.10 Å². The zero-order chi connectivity index (χ0) is 11.3. The molecule has 0 aromatic carbocycles. The minimum Gasteiger partial charge on any atom is -0.258 e. The summed E-state index contributed by atoms with van der Waals surface area (Å²) < 4.78 is 13.6. The molecule has 1 N–H and O–H groups in total. The highest BCUT2D eigenvalue weighted by molar-refractivity contribution is 5.53. The van der Waals surface area contributed by atoms with Crippen molar-refractivity contribution in [3.8, 4) is 0 Å². The first-order valence-corrected chi connectivity index (χ1v) is 4.77. The maximum absolute atomic E-state index is 12.3. The van der Waals surface area contributed by atoms with Gasteiger partial charge in [0.05, 0.1) is 4.92 Å². The predicted molar refractivity (Wildman–Crippen MR) is 53.1 cm³/mol. The molecule has 0 spiro atoms. The van der Waals surface area contributed by atoms with Gasteiger partial charge in [0.2, 0.25) is 5.82 Å². The lowest BCUT2D eigenvalue weighted by atomic mass is 10.2. The lowest BCUT2D eigenvalue weighted by molar-refractivity contribution is -0.384. The highest BCUT2D eigenvalue weighted by atomic mass is 19.2. The summed E-state index contributed by atoms with van der Waals surface area (Å²) in [5.74, 6) is -0.184. The van der Waals surface area contributed by atoms with Crippen molar-refractivity contribution in [3.05, 3.63) is 16.3 Å². The van der Waals surface area contributed by atoms with Crippen molar-refractivity contribution in [1.82, 2.24) is 9.78 Å². The van der Waals surface area contributed by atoms with Gasteiger partial charge in [0, 0.05) is 6.54 Å². The van der Waals surface area contributed by atoms with Crippen LogP contribution in [0.2, 0.25) is 0 Å². The van der Waals surface area contributed by atoms with E-state index in [0.29, 0.717) is 6.54 Å². The third kappa shape index (κ3) is 2.64. The van der Waals surface area contributed by atoms with Crippen molar-refractivity contribution in [2.24, 2.45) is 0 Å².